The molecule has 0 spiro atoms. The van der Waals surface area contributed by atoms with Crippen molar-refractivity contribution < 1.29 is 19.1 Å². The van der Waals surface area contributed by atoms with Gasteiger partial charge in [0.2, 0.25) is 0 Å². The zero-order valence-corrected chi connectivity index (χ0v) is 18.6. The Morgan fingerprint density at radius 3 is 2.04 bits per heavy atom. The van der Waals surface area contributed by atoms with E-state index in [1.54, 1.807) is 0 Å². The van der Waals surface area contributed by atoms with Gasteiger partial charge in [0.05, 0.1) is 12.0 Å². The van der Waals surface area contributed by atoms with Crippen molar-refractivity contribution in [2.24, 2.45) is 41.4 Å². The van der Waals surface area contributed by atoms with E-state index in [4.69, 9.17) is 9.47 Å². The number of rotatable bonds is 6. The molecule has 0 amide bonds. The first-order valence-corrected chi connectivity index (χ1v) is 11.3. The van der Waals surface area contributed by atoms with Gasteiger partial charge in [0.25, 0.3) is 0 Å². The minimum absolute atomic E-state index is 0.0406. The van der Waals surface area contributed by atoms with E-state index in [0.717, 1.165) is 25.7 Å². The second kappa shape index (κ2) is 10.5. The largest absolute Gasteiger partial charge is 0.459 e. The molecule has 4 nitrogen and oxygen atoms in total. The van der Waals surface area contributed by atoms with Crippen LogP contribution in [0.1, 0.15) is 80.1 Å². The van der Waals surface area contributed by atoms with Gasteiger partial charge in [-0.05, 0) is 61.2 Å². The second-order valence-corrected chi connectivity index (χ2v) is 9.97. The highest BCUT2D eigenvalue weighted by Gasteiger charge is 2.36. The van der Waals surface area contributed by atoms with Crippen LogP contribution in [0, 0.1) is 41.4 Å². The highest BCUT2D eigenvalue weighted by Crippen LogP contribution is 2.39. The summed E-state index contributed by atoms with van der Waals surface area (Å²) in [6.07, 6.45) is 8.79. The summed E-state index contributed by atoms with van der Waals surface area (Å²) < 4.78 is 11.1. The van der Waals surface area contributed by atoms with Crippen LogP contribution in [0.2, 0.25) is 0 Å². The van der Waals surface area contributed by atoms with Gasteiger partial charge in [-0.1, -0.05) is 54.4 Å². The van der Waals surface area contributed by atoms with Crippen LogP contribution in [-0.4, -0.2) is 18.0 Å². The summed E-state index contributed by atoms with van der Waals surface area (Å²) in [4.78, 5) is 24.9. The van der Waals surface area contributed by atoms with Gasteiger partial charge in [-0.2, -0.15) is 0 Å². The minimum Gasteiger partial charge on any atom is -0.459 e. The van der Waals surface area contributed by atoms with Crippen molar-refractivity contribution in [1.29, 1.82) is 0 Å². The molecule has 0 heterocycles. The smallest absolute Gasteiger partial charge is 0.334 e. The number of carbonyl (C=O) groups is 2. The monoisotopic (exact) mass is 392 g/mol. The SMILES string of the molecule is CC(C)C1CC[C@@H](C)CC1OC(=O)/C=C/OC(=O)C1C[C@@H](C)CC[C@@H]1C(C)C. The summed E-state index contributed by atoms with van der Waals surface area (Å²) in [7, 11) is 0. The maximum atomic E-state index is 12.6. The molecule has 0 aromatic rings. The summed E-state index contributed by atoms with van der Waals surface area (Å²) in [6, 6.07) is 0. The maximum Gasteiger partial charge on any atom is 0.334 e. The maximum absolute atomic E-state index is 12.6. The van der Waals surface area contributed by atoms with E-state index in [-0.39, 0.29) is 18.0 Å². The zero-order chi connectivity index (χ0) is 20.8. The number of hydrogen-bond donors (Lipinski definition) is 0. The fourth-order valence-corrected chi connectivity index (χ4v) is 5.16. The fourth-order valence-electron chi connectivity index (χ4n) is 5.16. The van der Waals surface area contributed by atoms with Gasteiger partial charge in [-0.25, -0.2) is 4.79 Å². The molecule has 160 valence electrons. The predicted octanol–water partition coefficient (Wildman–Crippen LogP) is 5.76. The average molecular weight is 393 g/mol. The van der Waals surface area contributed by atoms with Crippen LogP contribution in [0.5, 0.6) is 0 Å². The molecule has 2 fully saturated rings. The van der Waals surface area contributed by atoms with Crippen molar-refractivity contribution in [3.05, 3.63) is 12.3 Å². The third kappa shape index (κ3) is 6.35. The molecule has 3 unspecified atom stereocenters. The lowest BCUT2D eigenvalue weighted by Gasteiger charge is -2.36. The second-order valence-electron chi connectivity index (χ2n) is 9.97. The third-order valence-corrected chi connectivity index (χ3v) is 6.94. The summed E-state index contributed by atoms with van der Waals surface area (Å²) >= 11 is 0. The van der Waals surface area contributed by atoms with Crippen molar-refractivity contribution in [3.8, 4) is 0 Å². The van der Waals surface area contributed by atoms with E-state index in [0.29, 0.717) is 35.5 Å². The molecule has 28 heavy (non-hydrogen) atoms. The Labute approximate surface area is 171 Å². The van der Waals surface area contributed by atoms with E-state index in [2.05, 4.69) is 41.5 Å². The van der Waals surface area contributed by atoms with Crippen LogP contribution >= 0.6 is 0 Å². The lowest BCUT2D eigenvalue weighted by Crippen LogP contribution is -2.35. The Morgan fingerprint density at radius 2 is 1.43 bits per heavy atom. The molecule has 0 aromatic heterocycles. The quantitative estimate of drug-likeness (QED) is 0.328. The van der Waals surface area contributed by atoms with E-state index in [1.807, 2.05) is 0 Å². The average Bonchev–Trinajstić information content (AvgIpc) is 2.61. The van der Waals surface area contributed by atoms with Gasteiger partial charge >= 0.3 is 11.9 Å². The Balaban J connectivity index is 1.88. The first-order chi connectivity index (χ1) is 13.2. The lowest BCUT2D eigenvalue weighted by molar-refractivity contribution is -0.150. The molecule has 0 aliphatic heterocycles. The molecule has 4 heteroatoms. The molecule has 0 bridgehead atoms. The predicted molar refractivity (Wildman–Crippen MR) is 111 cm³/mol. The lowest BCUT2D eigenvalue weighted by atomic mass is 9.70. The number of ether oxygens (including phenoxy) is 2. The van der Waals surface area contributed by atoms with Crippen molar-refractivity contribution in [2.45, 2.75) is 86.2 Å². The van der Waals surface area contributed by atoms with Crippen LogP contribution < -0.4 is 0 Å². The molecule has 6 atom stereocenters. The van der Waals surface area contributed by atoms with Crippen molar-refractivity contribution in [1.82, 2.24) is 0 Å². The third-order valence-electron chi connectivity index (χ3n) is 6.94. The Bertz CT molecular complexity index is 551. The van der Waals surface area contributed by atoms with Crippen molar-refractivity contribution >= 4 is 11.9 Å². The Morgan fingerprint density at radius 1 is 0.857 bits per heavy atom. The Hall–Kier alpha value is -1.32. The fraction of sp³-hybridized carbons (Fsp3) is 0.833. The van der Waals surface area contributed by atoms with E-state index < -0.39 is 5.97 Å². The molecular formula is C24H40O4. The van der Waals surface area contributed by atoms with E-state index in [9.17, 15) is 9.59 Å². The van der Waals surface area contributed by atoms with Crippen molar-refractivity contribution in [2.75, 3.05) is 0 Å². The summed E-state index contributed by atoms with van der Waals surface area (Å²) in [5, 5.41) is 0. The first kappa shape index (κ1) is 23.0. The molecule has 2 rings (SSSR count). The van der Waals surface area contributed by atoms with Gasteiger partial charge in [0.1, 0.15) is 12.4 Å². The molecular weight excluding hydrogens is 352 g/mol. The van der Waals surface area contributed by atoms with Crippen LogP contribution in [0.3, 0.4) is 0 Å². The number of hydrogen-bond acceptors (Lipinski definition) is 4. The zero-order valence-electron chi connectivity index (χ0n) is 18.6. The minimum atomic E-state index is -0.407. The molecule has 2 aliphatic rings. The van der Waals surface area contributed by atoms with Gasteiger partial charge in [0, 0.05) is 0 Å². The summed E-state index contributed by atoms with van der Waals surface area (Å²) in [6.45, 7) is 13.1. The van der Waals surface area contributed by atoms with Crippen LogP contribution in [0.25, 0.3) is 0 Å². The van der Waals surface area contributed by atoms with Crippen LogP contribution in [0.15, 0.2) is 12.3 Å². The van der Waals surface area contributed by atoms with Gasteiger partial charge < -0.3 is 9.47 Å². The molecule has 2 aliphatic carbocycles. The molecule has 0 saturated heterocycles. The molecule has 2 saturated carbocycles. The van der Waals surface area contributed by atoms with Gasteiger partial charge in [0.15, 0.2) is 0 Å². The van der Waals surface area contributed by atoms with Gasteiger partial charge in [-0.3, -0.25) is 4.79 Å². The molecule has 0 radical (unpaired) electrons. The molecule has 0 N–H and O–H groups in total. The number of esters is 2. The van der Waals surface area contributed by atoms with Gasteiger partial charge in [-0.15, -0.1) is 0 Å². The topological polar surface area (TPSA) is 52.6 Å². The highest BCUT2D eigenvalue weighted by atomic mass is 16.5. The summed E-state index contributed by atoms with van der Waals surface area (Å²) in [5.74, 6) is 2.16. The number of carbonyl (C=O) groups excluding carboxylic acids is 2. The standard InChI is InChI=1S/C24H40O4/c1-15(2)19-9-7-17(5)13-21(19)24(26)27-12-11-23(25)28-22-14-18(6)8-10-20(22)16(3)4/h11-12,15-22H,7-10,13-14H2,1-6H3/b12-11+/t17-,18+,19+,20?,21?,22?/m0/s1. The van der Waals surface area contributed by atoms with Crippen molar-refractivity contribution in [3.63, 3.8) is 0 Å². The highest BCUT2D eigenvalue weighted by molar-refractivity contribution is 5.82. The summed E-state index contributed by atoms with van der Waals surface area (Å²) in [5.41, 5.74) is 0. The van der Waals surface area contributed by atoms with Crippen LogP contribution in [0.4, 0.5) is 0 Å². The van der Waals surface area contributed by atoms with E-state index in [1.165, 1.54) is 25.2 Å². The first-order valence-electron chi connectivity index (χ1n) is 11.3. The molecule has 0 aromatic carbocycles. The normalized spacial score (nSPS) is 34.0. The van der Waals surface area contributed by atoms with E-state index >= 15 is 0 Å². The van der Waals surface area contributed by atoms with Crippen LogP contribution in [-0.2, 0) is 19.1 Å². The Kier molecular flexibility index (Phi) is 8.57.